The number of amides is 2. The predicted molar refractivity (Wildman–Crippen MR) is 175 cm³/mol. The molecule has 48 heavy (non-hydrogen) atoms. The summed E-state index contributed by atoms with van der Waals surface area (Å²) in [6.45, 7) is 4.70. The molecule has 6 heterocycles. The zero-order valence-corrected chi connectivity index (χ0v) is 27.5. The Kier molecular flexibility index (Phi) is 6.55. The molecule has 4 aromatic heterocycles. The highest BCUT2D eigenvalue weighted by Gasteiger charge is 2.65. The largest absolute Gasteiger partial charge is 0.482 e. The molecule has 2 aliphatic heterocycles. The van der Waals surface area contributed by atoms with E-state index in [9.17, 15) is 18.4 Å². The van der Waals surface area contributed by atoms with Crippen LogP contribution in [0.2, 0.25) is 0 Å². The lowest BCUT2D eigenvalue weighted by atomic mass is 9.97. The van der Waals surface area contributed by atoms with Gasteiger partial charge in [-0.1, -0.05) is 0 Å². The van der Waals surface area contributed by atoms with Crippen molar-refractivity contribution < 1.29 is 23.1 Å². The van der Waals surface area contributed by atoms with E-state index in [1.165, 1.54) is 0 Å². The van der Waals surface area contributed by atoms with E-state index in [-0.39, 0.29) is 66.6 Å². The summed E-state index contributed by atoms with van der Waals surface area (Å²) in [7, 11) is 1.61. The smallest absolute Gasteiger partial charge is 0.254 e. The molecular weight excluding hydrogens is 616 g/mol. The molecule has 2 amide bonds. The third-order valence-corrected chi connectivity index (χ3v) is 11.8. The van der Waals surface area contributed by atoms with Gasteiger partial charge in [0.25, 0.3) is 5.91 Å². The molecule has 0 spiro atoms. The topological polar surface area (TPSA) is 120 Å². The van der Waals surface area contributed by atoms with Crippen LogP contribution in [0.25, 0.3) is 28.1 Å². The third-order valence-electron chi connectivity index (χ3n) is 11.8. The number of carbonyl (C=O) groups excluding carboxylic acids is 2. The van der Waals surface area contributed by atoms with Gasteiger partial charge in [0.05, 0.1) is 30.2 Å². The molecule has 7 atom stereocenters. The molecule has 252 valence electrons. The van der Waals surface area contributed by atoms with Crippen molar-refractivity contribution in [1.82, 2.24) is 29.2 Å². The van der Waals surface area contributed by atoms with E-state index in [2.05, 4.69) is 16.0 Å². The SMILES string of the molecule is COc1cc(C(=O)N2[C@H]3CC[C@@H]2[C@H](N)C3)cc2nc(-c3cc4ccc([C@@H](C)NC(=O)C5[C@H]6CC(F)(F)C[C@@H]56)nc4n3CC3CC3)c(C)n12. The standard InChI is InChI=1S/C36H41F2N7O3/c1-17(40-34(46)31-23-14-36(37,38)15-24(23)31)26-8-6-20-10-28(43(33(20)41-26)16-19-4-5-19)32-18(2)44-29(42-32)11-21(12-30(44)48-3)35(47)45-22-7-9-27(45)25(39)13-22/h6,8,10-12,17,19,22-25,27,31H,4-5,7,9,13-16,39H2,1-3H3,(H,40,46)/t17-,22+,23-,24+,25-,27-,31?/m1/s1. The Labute approximate surface area is 277 Å². The summed E-state index contributed by atoms with van der Waals surface area (Å²) in [6.07, 6.45) is 4.71. The van der Waals surface area contributed by atoms with Gasteiger partial charge in [0.2, 0.25) is 11.8 Å². The first-order chi connectivity index (χ1) is 23.0. The molecule has 3 N–H and O–H groups in total. The molecule has 2 saturated heterocycles. The lowest BCUT2D eigenvalue weighted by Gasteiger charge is -2.23. The van der Waals surface area contributed by atoms with Crippen LogP contribution in [-0.2, 0) is 11.3 Å². The molecule has 0 radical (unpaired) electrons. The van der Waals surface area contributed by atoms with Crippen molar-refractivity contribution in [2.75, 3.05) is 7.11 Å². The highest BCUT2D eigenvalue weighted by molar-refractivity contribution is 5.97. The number of aromatic nitrogens is 4. The molecule has 0 aromatic carbocycles. The highest BCUT2D eigenvalue weighted by Crippen LogP contribution is 2.62. The van der Waals surface area contributed by atoms with Crippen molar-refractivity contribution in [3.8, 4) is 17.3 Å². The van der Waals surface area contributed by atoms with Crippen LogP contribution < -0.4 is 15.8 Å². The monoisotopic (exact) mass is 657 g/mol. The number of aryl methyl sites for hydroxylation is 1. The van der Waals surface area contributed by atoms with Crippen molar-refractivity contribution >= 4 is 28.5 Å². The van der Waals surface area contributed by atoms with Crippen LogP contribution in [0.5, 0.6) is 5.88 Å². The van der Waals surface area contributed by atoms with E-state index in [4.69, 9.17) is 20.4 Å². The summed E-state index contributed by atoms with van der Waals surface area (Å²) < 4.78 is 37.4. The highest BCUT2D eigenvalue weighted by atomic mass is 19.3. The molecule has 9 rings (SSSR count). The van der Waals surface area contributed by atoms with Crippen molar-refractivity contribution in [3.05, 3.63) is 47.3 Å². The summed E-state index contributed by atoms with van der Waals surface area (Å²) in [5, 5.41) is 4.02. The number of methoxy groups -OCH3 is 1. The molecule has 1 unspecified atom stereocenters. The van der Waals surface area contributed by atoms with E-state index in [0.29, 0.717) is 23.0 Å². The first-order valence-electron chi connectivity index (χ1n) is 17.4. The quantitative estimate of drug-likeness (QED) is 0.267. The van der Waals surface area contributed by atoms with Crippen LogP contribution in [0, 0.1) is 30.6 Å². The summed E-state index contributed by atoms with van der Waals surface area (Å²) in [5.74, 6) is -2.48. The van der Waals surface area contributed by atoms with Gasteiger partial charge in [0.1, 0.15) is 17.0 Å². The number of nitrogens with zero attached hydrogens (tertiary/aromatic N) is 5. The van der Waals surface area contributed by atoms with Crippen LogP contribution >= 0.6 is 0 Å². The number of alkyl halides is 2. The number of rotatable bonds is 8. The van der Waals surface area contributed by atoms with Crippen LogP contribution in [0.1, 0.15) is 79.7 Å². The van der Waals surface area contributed by atoms with Crippen LogP contribution in [0.4, 0.5) is 8.78 Å². The summed E-state index contributed by atoms with van der Waals surface area (Å²) >= 11 is 0. The zero-order valence-electron chi connectivity index (χ0n) is 27.5. The van der Waals surface area contributed by atoms with E-state index in [1.807, 2.05) is 41.3 Å². The maximum atomic E-state index is 13.8. The fourth-order valence-corrected chi connectivity index (χ4v) is 9.16. The number of ether oxygens (including phenoxy) is 1. The van der Waals surface area contributed by atoms with Gasteiger partial charge in [0, 0.05) is 60.4 Å². The Morgan fingerprint density at radius 1 is 1.10 bits per heavy atom. The Bertz CT molecular complexity index is 1990. The number of halogens is 2. The van der Waals surface area contributed by atoms with Crippen LogP contribution in [-0.4, -0.2) is 66.8 Å². The molecule has 4 aromatic rings. The summed E-state index contributed by atoms with van der Waals surface area (Å²) in [6, 6.07) is 9.64. The minimum absolute atomic E-state index is 0.0223. The first-order valence-corrected chi connectivity index (χ1v) is 17.4. The number of hydrogen-bond acceptors (Lipinski definition) is 6. The Morgan fingerprint density at radius 2 is 1.88 bits per heavy atom. The second-order valence-corrected chi connectivity index (χ2v) is 15.0. The maximum absolute atomic E-state index is 13.8. The average molecular weight is 658 g/mol. The predicted octanol–water partition coefficient (Wildman–Crippen LogP) is 5.25. The van der Waals surface area contributed by atoms with Gasteiger partial charge in [-0.05, 0) is 88.0 Å². The number of nitrogens with two attached hydrogens (primary N) is 1. The van der Waals surface area contributed by atoms with Gasteiger partial charge in [-0.2, -0.15) is 0 Å². The second kappa shape index (κ2) is 10.5. The van der Waals surface area contributed by atoms with Crippen molar-refractivity contribution in [1.29, 1.82) is 0 Å². The summed E-state index contributed by atoms with van der Waals surface area (Å²) in [5.41, 5.74) is 11.7. The average Bonchev–Trinajstić information content (AvgIpc) is 3.70. The van der Waals surface area contributed by atoms with Gasteiger partial charge in [0.15, 0.2) is 5.88 Å². The number of imidazole rings is 1. The van der Waals surface area contributed by atoms with Gasteiger partial charge in [-0.25, -0.2) is 18.7 Å². The third kappa shape index (κ3) is 4.65. The lowest BCUT2D eigenvalue weighted by Crippen LogP contribution is -2.40. The Morgan fingerprint density at radius 3 is 2.54 bits per heavy atom. The van der Waals surface area contributed by atoms with Gasteiger partial charge in [-0.3, -0.25) is 14.0 Å². The van der Waals surface area contributed by atoms with E-state index in [0.717, 1.165) is 72.5 Å². The minimum Gasteiger partial charge on any atom is -0.482 e. The van der Waals surface area contributed by atoms with E-state index in [1.54, 1.807) is 13.2 Å². The maximum Gasteiger partial charge on any atom is 0.254 e. The zero-order chi connectivity index (χ0) is 33.2. The van der Waals surface area contributed by atoms with Crippen LogP contribution in [0.3, 0.4) is 0 Å². The molecule has 12 heteroatoms. The van der Waals surface area contributed by atoms with Gasteiger partial charge >= 0.3 is 0 Å². The molecule has 5 fully saturated rings. The van der Waals surface area contributed by atoms with Gasteiger partial charge < -0.3 is 25.3 Å². The van der Waals surface area contributed by atoms with E-state index >= 15 is 0 Å². The lowest BCUT2D eigenvalue weighted by molar-refractivity contribution is -0.124. The molecular formula is C36H41F2N7O3. The number of hydrogen-bond donors (Lipinski definition) is 2. The molecule has 10 nitrogen and oxygen atoms in total. The summed E-state index contributed by atoms with van der Waals surface area (Å²) in [4.78, 5) is 39.0. The van der Waals surface area contributed by atoms with Crippen molar-refractivity contribution in [2.24, 2.45) is 29.4 Å². The number of nitrogens with one attached hydrogen (secondary N) is 1. The molecule has 5 aliphatic rings. The number of pyridine rings is 2. The number of fused-ring (bicyclic) bond motifs is 5. The second-order valence-electron chi connectivity index (χ2n) is 15.0. The normalized spacial score (nSPS) is 29.1. The van der Waals surface area contributed by atoms with Crippen molar-refractivity contribution in [2.45, 2.75) is 95.4 Å². The first kappa shape index (κ1) is 30.0. The molecule has 3 aliphatic carbocycles. The van der Waals surface area contributed by atoms with Gasteiger partial charge in [-0.15, -0.1) is 0 Å². The molecule has 3 saturated carbocycles. The van der Waals surface area contributed by atoms with E-state index < -0.39 is 5.92 Å². The van der Waals surface area contributed by atoms with Crippen LogP contribution in [0.15, 0.2) is 30.3 Å². The Balaban J connectivity index is 1.05. The van der Waals surface area contributed by atoms with Crippen molar-refractivity contribution in [3.63, 3.8) is 0 Å². The molecule has 2 bridgehead atoms. The Hall–Kier alpha value is -4.06. The fraction of sp³-hybridized carbons (Fsp3) is 0.556. The minimum atomic E-state index is -2.64. The number of carbonyl (C=O) groups is 2. The fourth-order valence-electron chi connectivity index (χ4n) is 9.16.